The minimum atomic E-state index is -0.558. The molecule has 1 heterocycles. The standard InChI is InChI=1S/C12H16N2O3/c13-10-5-4-8(7-9(10)12(14)15)17-11-3-1-2-6-16-11/h4-5,7,11H,1-3,6,13H2,(H2,14,15). The van der Waals surface area contributed by atoms with Crippen LogP contribution in [0.3, 0.4) is 0 Å². The van der Waals surface area contributed by atoms with Crippen LogP contribution < -0.4 is 16.2 Å². The molecule has 1 atom stereocenters. The van der Waals surface area contributed by atoms with E-state index in [-0.39, 0.29) is 11.9 Å². The fraction of sp³-hybridized carbons (Fsp3) is 0.417. The Morgan fingerprint density at radius 2 is 2.24 bits per heavy atom. The molecule has 0 saturated carbocycles. The average Bonchev–Trinajstić information content (AvgIpc) is 2.32. The fourth-order valence-corrected chi connectivity index (χ4v) is 1.78. The molecular weight excluding hydrogens is 220 g/mol. The molecule has 1 saturated heterocycles. The predicted octanol–water partition coefficient (Wildman–Crippen LogP) is 1.27. The molecule has 1 aromatic rings. The Morgan fingerprint density at radius 3 is 2.88 bits per heavy atom. The molecule has 4 N–H and O–H groups in total. The summed E-state index contributed by atoms with van der Waals surface area (Å²) >= 11 is 0. The maximum Gasteiger partial charge on any atom is 0.250 e. The van der Waals surface area contributed by atoms with Gasteiger partial charge in [-0.1, -0.05) is 0 Å². The van der Waals surface area contributed by atoms with Gasteiger partial charge in [-0.2, -0.15) is 0 Å². The van der Waals surface area contributed by atoms with Crippen LogP contribution >= 0.6 is 0 Å². The molecule has 17 heavy (non-hydrogen) atoms. The SMILES string of the molecule is NC(=O)c1cc(OC2CCCCO2)ccc1N. The van der Waals surface area contributed by atoms with Crippen molar-refractivity contribution in [2.45, 2.75) is 25.6 Å². The van der Waals surface area contributed by atoms with Gasteiger partial charge in [-0.15, -0.1) is 0 Å². The van der Waals surface area contributed by atoms with Gasteiger partial charge in [0.2, 0.25) is 0 Å². The largest absolute Gasteiger partial charge is 0.465 e. The number of hydrogen-bond acceptors (Lipinski definition) is 4. The second kappa shape index (κ2) is 5.05. The number of benzene rings is 1. The number of carbonyl (C=O) groups is 1. The topological polar surface area (TPSA) is 87.6 Å². The van der Waals surface area contributed by atoms with Gasteiger partial charge in [-0.3, -0.25) is 4.79 Å². The summed E-state index contributed by atoms with van der Waals surface area (Å²) in [5.41, 5.74) is 11.5. The number of nitrogens with two attached hydrogens (primary N) is 2. The van der Waals surface area contributed by atoms with Crippen molar-refractivity contribution in [3.63, 3.8) is 0 Å². The second-order valence-corrected chi connectivity index (χ2v) is 4.03. The number of amides is 1. The summed E-state index contributed by atoms with van der Waals surface area (Å²) in [6.07, 6.45) is 2.76. The van der Waals surface area contributed by atoms with E-state index in [0.29, 0.717) is 18.0 Å². The van der Waals surface area contributed by atoms with E-state index in [1.807, 2.05) is 0 Å². The number of primary amides is 1. The van der Waals surface area contributed by atoms with Gasteiger partial charge >= 0.3 is 0 Å². The van der Waals surface area contributed by atoms with Crippen molar-refractivity contribution in [2.75, 3.05) is 12.3 Å². The van der Waals surface area contributed by atoms with Crippen molar-refractivity contribution in [3.8, 4) is 5.75 Å². The molecule has 5 nitrogen and oxygen atoms in total. The summed E-state index contributed by atoms with van der Waals surface area (Å²) in [5, 5.41) is 0. The van der Waals surface area contributed by atoms with E-state index in [1.165, 1.54) is 0 Å². The van der Waals surface area contributed by atoms with Gasteiger partial charge in [0.1, 0.15) is 5.75 Å². The smallest absolute Gasteiger partial charge is 0.250 e. The quantitative estimate of drug-likeness (QED) is 0.774. The van der Waals surface area contributed by atoms with Crippen molar-refractivity contribution < 1.29 is 14.3 Å². The number of nitrogen functional groups attached to an aromatic ring is 1. The van der Waals surface area contributed by atoms with Gasteiger partial charge in [0.05, 0.1) is 12.2 Å². The first kappa shape index (κ1) is 11.7. The summed E-state index contributed by atoms with van der Waals surface area (Å²) in [7, 11) is 0. The molecule has 1 amide bonds. The molecule has 1 unspecified atom stereocenters. The normalized spacial score (nSPS) is 19.9. The molecular formula is C12H16N2O3. The number of carbonyl (C=O) groups excluding carboxylic acids is 1. The molecule has 1 aliphatic heterocycles. The molecule has 1 aliphatic rings. The monoisotopic (exact) mass is 236 g/mol. The zero-order valence-corrected chi connectivity index (χ0v) is 9.52. The van der Waals surface area contributed by atoms with Crippen LogP contribution in [0.25, 0.3) is 0 Å². The zero-order valence-electron chi connectivity index (χ0n) is 9.52. The molecule has 0 radical (unpaired) electrons. The van der Waals surface area contributed by atoms with E-state index < -0.39 is 5.91 Å². The lowest BCUT2D eigenvalue weighted by Crippen LogP contribution is -2.25. The lowest BCUT2D eigenvalue weighted by molar-refractivity contribution is -0.105. The lowest BCUT2D eigenvalue weighted by Gasteiger charge is -2.23. The first-order chi connectivity index (χ1) is 8.16. The van der Waals surface area contributed by atoms with E-state index in [4.69, 9.17) is 20.9 Å². The average molecular weight is 236 g/mol. The zero-order chi connectivity index (χ0) is 12.3. The fourth-order valence-electron chi connectivity index (χ4n) is 1.78. The van der Waals surface area contributed by atoms with E-state index in [2.05, 4.69) is 0 Å². The highest BCUT2D eigenvalue weighted by Gasteiger charge is 2.16. The van der Waals surface area contributed by atoms with Gasteiger partial charge < -0.3 is 20.9 Å². The van der Waals surface area contributed by atoms with E-state index in [0.717, 1.165) is 19.3 Å². The number of ether oxygens (including phenoxy) is 2. The number of anilines is 1. The molecule has 0 spiro atoms. The molecule has 92 valence electrons. The third-order valence-electron chi connectivity index (χ3n) is 2.70. The van der Waals surface area contributed by atoms with Crippen LogP contribution in [0.4, 0.5) is 5.69 Å². The van der Waals surface area contributed by atoms with Crippen LogP contribution in [-0.4, -0.2) is 18.8 Å². The third kappa shape index (κ3) is 2.88. The Kier molecular flexibility index (Phi) is 3.49. The molecule has 1 aromatic carbocycles. The van der Waals surface area contributed by atoms with Crippen LogP contribution in [0.1, 0.15) is 29.6 Å². The van der Waals surface area contributed by atoms with Crippen molar-refractivity contribution in [3.05, 3.63) is 23.8 Å². The van der Waals surface area contributed by atoms with E-state index in [1.54, 1.807) is 18.2 Å². The maximum atomic E-state index is 11.1. The number of hydrogen-bond donors (Lipinski definition) is 2. The van der Waals surface area contributed by atoms with E-state index >= 15 is 0 Å². The van der Waals surface area contributed by atoms with Crippen LogP contribution in [0, 0.1) is 0 Å². The summed E-state index contributed by atoms with van der Waals surface area (Å²) in [6, 6.07) is 4.87. The third-order valence-corrected chi connectivity index (χ3v) is 2.70. The van der Waals surface area contributed by atoms with Crippen LogP contribution in [0.5, 0.6) is 5.75 Å². The van der Waals surface area contributed by atoms with Gasteiger partial charge in [-0.05, 0) is 31.0 Å². The Balaban J connectivity index is 2.10. The summed E-state index contributed by atoms with van der Waals surface area (Å²) in [4.78, 5) is 11.1. The van der Waals surface area contributed by atoms with Crippen molar-refractivity contribution in [1.82, 2.24) is 0 Å². The molecule has 1 fully saturated rings. The Labute approximate surface area is 99.7 Å². The molecule has 0 aromatic heterocycles. The van der Waals surface area contributed by atoms with Gasteiger partial charge in [-0.25, -0.2) is 0 Å². The Bertz CT molecular complexity index is 414. The molecule has 0 aliphatic carbocycles. The minimum Gasteiger partial charge on any atom is -0.465 e. The van der Waals surface area contributed by atoms with Gasteiger partial charge in [0.15, 0.2) is 6.29 Å². The second-order valence-electron chi connectivity index (χ2n) is 4.03. The van der Waals surface area contributed by atoms with Crippen LogP contribution in [-0.2, 0) is 4.74 Å². The summed E-state index contributed by atoms with van der Waals surface area (Å²) in [6.45, 7) is 0.711. The first-order valence-corrected chi connectivity index (χ1v) is 5.64. The van der Waals surface area contributed by atoms with Crippen LogP contribution in [0.15, 0.2) is 18.2 Å². The number of rotatable bonds is 3. The summed E-state index contributed by atoms with van der Waals surface area (Å²) in [5.74, 6) is -0.00240. The highest BCUT2D eigenvalue weighted by atomic mass is 16.7. The lowest BCUT2D eigenvalue weighted by atomic mass is 10.1. The summed E-state index contributed by atoms with van der Waals surface area (Å²) < 4.78 is 11.1. The van der Waals surface area contributed by atoms with Crippen molar-refractivity contribution >= 4 is 11.6 Å². The first-order valence-electron chi connectivity index (χ1n) is 5.64. The molecule has 5 heteroatoms. The van der Waals surface area contributed by atoms with Crippen molar-refractivity contribution in [1.29, 1.82) is 0 Å². The highest BCUT2D eigenvalue weighted by Crippen LogP contribution is 2.23. The maximum absolute atomic E-state index is 11.1. The predicted molar refractivity (Wildman–Crippen MR) is 63.6 cm³/mol. The van der Waals surface area contributed by atoms with Crippen LogP contribution in [0.2, 0.25) is 0 Å². The Hall–Kier alpha value is -1.75. The van der Waals surface area contributed by atoms with Crippen molar-refractivity contribution in [2.24, 2.45) is 5.73 Å². The molecule has 0 bridgehead atoms. The minimum absolute atomic E-state index is 0.242. The van der Waals surface area contributed by atoms with Gasteiger partial charge in [0.25, 0.3) is 5.91 Å². The molecule has 2 rings (SSSR count). The Morgan fingerprint density at radius 1 is 1.41 bits per heavy atom. The highest BCUT2D eigenvalue weighted by molar-refractivity contribution is 5.98. The van der Waals surface area contributed by atoms with E-state index in [9.17, 15) is 4.79 Å². The van der Waals surface area contributed by atoms with Gasteiger partial charge in [0, 0.05) is 12.1 Å².